The minimum atomic E-state index is 0.839. The predicted molar refractivity (Wildman–Crippen MR) is 59.3 cm³/mol. The maximum atomic E-state index is 6.03. The molecule has 1 aromatic carbocycles. The smallest absolute Gasteiger partial charge is 0.0584 e. The molecule has 0 saturated carbocycles. The van der Waals surface area contributed by atoms with E-state index >= 15 is 0 Å². The molecule has 0 atom stereocenters. The van der Waals surface area contributed by atoms with Crippen LogP contribution in [0.4, 0.5) is 0 Å². The first-order valence-electron chi connectivity index (χ1n) is 3.53. The van der Waals surface area contributed by atoms with Crippen LogP contribution in [0.25, 0.3) is 10.1 Å². The van der Waals surface area contributed by atoms with Crippen molar-refractivity contribution in [3.8, 4) is 0 Å². The maximum Gasteiger partial charge on any atom is 0.0584 e. The molecule has 1 heterocycles. The van der Waals surface area contributed by atoms with Crippen molar-refractivity contribution in [2.75, 3.05) is 0 Å². The van der Waals surface area contributed by atoms with E-state index < -0.39 is 0 Å². The molecule has 0 spiro atoms. The van der Waals surface area contributed by atoms with Gasteiger partial charge in [0, 0.05) is 14.7 Å². The second-order valence-electron chi connectivity index (χ2n) is 2.59. The molecule has 0 bridgehead atoms. The lowest BCUT2D eigenvalue weighted by Crippen LogP contribution is -1.65. The van der Waals surface area contributed by atoms with Crippen LogP contribution in [0.3, 0.4) is 0 Å². The van der Waals surface area contributed by atoms with Crippen molar-refractivity contribution in [2.45, 2.75) is 6.92 Å². The third-order valence-corrected chi connectivity index (χ3v) is 4.63. The molecular weight excluding hydrogens is 256 g/mol. The van der Waals surface area contributed by atoms with Gasteiger partial charge in [-0.2, -0.15) is 0 Å². The molecule has 0 nitrogen and oxygen atoms in total. The van der Waals surface area contributed by atoms with Gasteiger partial charge in [-0.1, -0.05) is 23.7 Å². The van der Waals surface area contributed by atoms with Crippen molar-refractivity contribution in [1.29, 1.82) is 0 Å². The lowest BCUT2D eigenvalue weighted by molar-refractivity contribution is 1.61. The Hall–Kier alpha value is -0.0500. The van der Waals surface area contributed by atoms with Gasteiger partial charge in [-0.15, -0.1) is 11.3 Å². The number of thiophene rings is 1. The first-order chi connectivity index (χ1) is 5.70. The third kappa shape index (κ3) is 1.18. The van der Waals surface area contributed by atoms with E-state index in [9.17, 15) is 0 Å². The summed E-state index contributed by atoms with van der Waals surface area (Å²) in [7, 11) is 0. The van der Waals surface area contributed by atoms with Gasteiger partial charge in [0.25, 0.3) is 0 Å². The fourth-order valence-electron chi connectivity index (χ4n) is 1.17. The molecular formula is C9H6BrClS. The molecule has 1 aromatic heterocycles. The van der Waals surface area contributed by atoms with Crippen LogP contribution in [0, 0.1) is 6.92 Å². The molecule has 0 saturated heterocycles. The predicted octanol–water partition coefficient (Wildman–Crippen LogP) is 4.63. The SMILES string of the molecule is Cc1sc2c(Cl)cccc2c1Br. The van der Waals surface area contributed by atoms with Gasteiger partial charge in [-0.05, 0) is 28.9 Å². The van der Waals surface area contributed by atoms with E-state index in [1.165, 1.54) is 19.4 Å². The molecule has 0 radical (unpaired) electrons. The minimum absolute atomic E-state index is 0.839. The Labute approximate surface area is 88.3 Å². The van der Waals surface area contributed by atoms with Crippen LogP contribution in [0.2, 0.25) is 5.02 Å². The normalized spacial score (nSPS) is 10.9. The van der Waals surface area contributed by atoms with Crippen molar-refractivity contribution in [2.24, 2.45) is 0 Å². The molecule has 0 aliphatic carbocycles. The molecule has 2 aromatic rings. The maximum absolute atomic E-state index is 6.03. The van der Waals surface area contributed by atoms with Crippen LogP contribution in [-0.4, -0.2) is 0 Å². The average Bonchev–Trinajstić information content (AvgIpc) is 2.32. The Kier molecular flexibility index (Phi) is 2.15. The van der Waals surface area contributed by atoms with Crippen LogP contribution in [0.1, 0.15) is 4.88 Å². The highest BCUT2D eigenvalue weighted by molar-refractivity contribution is 9.10. The number of aryl methyl sites for hydroxylation is 1. The van der Waals surface area contributed by atoms with Crippen LogP contribution in [-0.2, 0) is 0 Å². The van der Waals surface area contributed by atoms with E-state index in [1.807, 2.05) is 12.1 Å². The standard InChI is InChI=1S/C9H6BrClS/c1-5-8(10)6-3-2-4-7(11)9(6)12-5/h2-4H,1H3. The molecule has 12 heavy (non-hydrogen) atoms. The van der Waals surface area contributed by atoms with Crippen molar-refractivity contribution in [3.05, 3.63) is 32.6 Å². The number of fused-ring (bicyclic) bond motifs is 1. The highest BCUT2D eigenvalue weighted by Gasteiger charge is 2.07. The third-order valence-electron chi connectivity index (χ3n) is 1.77. The van der Waals surface area contributed by atoms with Crippen molar-refractivity contribution >= 4 is 49.0 Å². The Morgan fingerprint density at radius 2 is 2.17 bits per heavy atom. The van der Waals surface area contributed by atoms with E-state index in [4.69, 9.17) is 11.6 Å². The number of rotatable bonds is 0. The molecule has 0 N–H and O–H groups in total. The number of hydrogen-bond donors (Lipinski definition) is 0. The Morgan fingerprint density at radius 1 is 1.42 bits per heavy atom. The van der Waals surface area contributed by atoms with E-state index in [1.54, 1.807) is 11.3 Å². The van der Waals surface area contributed by atoms with Gasteiger partial charge >= 0.3 is 0 Å². The molecule has 0 unspecified atom stereocenters. The van der Waals surface area contributed by atoms with Crippen LogP contribution in [0.15, 0.2) is 22.7 Å². The van der Waals surface area contributed by atoms with E-state index in [2.05, 4.69) is 28.9 Å². The highest BCUT2D eigenvalue weighted by Crippen LogP contribution is 2.38. The van der Waals surface area contributed by atoms with Gasteiger partial charge in [0.15, 0.2) is 0 Å². The zero-order valence-electron chi connectivity index (χ0n) is 6.40. The van der Waals surface area contributed by atoms with E-state index in [-0.39, 0.29) is 0 Å². The van der Waals surface area contributed by atoms with E-state index in [0.29, 0.717) is 0 Å². The number of benzene rings is 1. The number of hydrogen-bond acceptors (Lipinski definition) is 1. The second-order valence-corrected chi connectivity index (χ2v) is 5.01. The van der Waals surface area contributed by atoms with Crippen LogP contribution in [0.5, 0.6) is 0 Å². The first kappa shape index (κ1) is 8.54. The molecule has 3 heteroatoms. The summed E-state index contributed by atoms with van der Waals surface area (Å²) in [6, 6.07) is 5.97. The van der Waals surface area contributed by atoms with Crippen LogP contribution >= 0.6 is 38.9 Å². The minimum Gasteiger partial charge on any atom is -0.138 e. The van der Waals surface area contributed by atoms with Gasteiger partial charge in [0.05, 0.1) is 9.72 Å². The summed E-state index contributed by atoms with van der Waals surface area (Å²) >= 11 is 11.3. The van der Waals surface area contributed by atoms with Gasteiger partial charge in [-0.3, -0.25) is 0 Å². The van der Waals surface area contributed by atoms with Crippen molar-refractivity contribution < 1.29 is 0 Å². The fraction of sp³-hybridized carbons (Fsp3) is 0.111. The zero-order valence-corrected chi connectivity index (χ0v) is 9.55. The van der Waals surface area contributed by atoms with Gasteiger partial charge in [-0.25, -0.2) is 0 Å². The first-order valence-corrected chi connectivity index (χ1v) is 5.52. The molecule has 0 fully saturated rings. The lowest BCUT2D eigenvalue weighted by Gasteiger charge is -1.91. The Morgan fingerprint density at radius 3 is 2.83 bits per heavy atom. The summed E-state index contributed by atoms with van der Waals surface area (Å²) in [6.07, 6.45) is 0. The number of halogens is 2. The van der Waals surface area contributed by atoms with E-state index in [0.717, 1.165) is 5.02 Å². The largest absolute Gasteiger partial charge is 0.138 e. The molecule has 2 rings (SSSR count). The van der Waals surface area contributed by atoms with Gasteiger partial charge < -0.3 is 0 Å². The Bertz CT molecular complexity index is 433. The molecule has 0 aliphatic heterocycles. The Balaban J connectivity index is 2.95. The fourth-order valence-corrected chi connectivity index (χ4v) is 3.12. The summed E-state index contributed by atoms with van der Waals surface area (Å²) in [6.45, 7) is 2.09. The average molecular weight is 262 g/mol. The van der Waals surface area contributed by atoms with Gasteiger partial charge in [0.1, 0.15) is 0 Å². The second kappa shape index (κ2) is 3.02. The summed E-state index contributed by atoms with van der Waals surface area (Å²) in [5.41, 5.74) is 0. The summed E-state index contributed by atoms with van der Waals surface area (Å²) in [4.78, 5) is 1.28. The zero-order chi connectivity index (χ0) is 8.72. The molecule has 0 amide bonds. The quantitative estimate of drug-likeness (QED) is 0.649. The lowest BCUT2D eigenvalue weighted by atomic mass is 10.2. The topological polar surface area (TPSA) is 0 Å². The molecule has 62 valence electrons. The highest BCUT2D eigenvalue weighted by atomic mass is 79.9. The summed E-state index contributed by atoms with van der Waals surface area (Å²) in [5.74, 6) is 0. The summed E-state index contributed by atoms with van der Waals surface area (Å²) < 4.78 is 2.34. The summed E-state index contributed by atoms with van der Waals surface area (Å²) in [5, 5.41) is 2.05. The van der Waals surface area contributed by atoms with Crippen LogP contribution < -0.4 is 0 Å². The van der Waals surface area contributed by atoms with Crippen molar-refractivity contribution in [3.63, 3.8) is 0 Å². The molecule has 0 aliphatic rings. The van der Waals surface area contributed by atoms with Gasteiger partial charge in [0.2, 0.25) is 0 Å². The van der Waals surface area contributed by atoms with Crippen molar-refractivity contribution in [1.82, 2.24) is 0 Å². The monoisotopic (exact) mass is 260 g/mol.